The fourth-order valence-corrected chi connectivity index (χ4v) is 1.96. The molecule has 1 atom stereocenters. The van der Waals surface area contributed by atoms with Gasteiger partial charge in [0, 0.05) is 11.6 Å². The van der Waals surface area contributed by atoms with Crippen molar-refractivity contribution in [3.8, 4) is 0 Å². The largest absolute Gasteiger partial charge is 0.313 e. The minimum atomic E-state index is 0.0425. The van der Waals surface area contributed by atoms with Crippen molar-refractivity contribution in [2.75, 3.05) is 14.1 Å². The van der Waals surface area contributed by atoms with Crippen molar-refractivity contribution in [3.63, 3.8) is 0 Å². The van der Waals surface area contributed by atoms with Crippen LogP contribution in [0.1, 0.15) is 31.0 Å². The van der Waals surface area contributed by atoms with Crippen molar-refractivity contribution in [3.05, 3.63) is 35.4 Å². The fraction of sp³-hybridized carbons (Fsp3) is 0.538. The minimum absolute atomic E-state index is 0.0425. The third-order valence-electron chi connectivity index (χ3n) is 3.15. The van der Waals surface area contributed by atoms with E-state index in [4.69, 9.17) is 0 Å². The first kappa shape index (κ1) is 12.2. The van der Waals surface area contributed by atoms with Crippen LogP contribution in [0.15, 0.2) is 24.3 Å². The van der Waals surface area contributed by atoms with E-state index in [2.05, 4.69) is 55.7 Å². The van der Waals surface area contributed by atoms with Gasteiger partial charge in [0.25, 0.3) is 0 Å². The Hall–Kier alpha value is -0.860. The van der Waals surface area contributed by atoms with E-state index in [0.717, 1.165) is 0 Å². The number of hydrogen-bond donors (Lipinski definition) is 2. The molecule has 2 heteroatoms. The predicted octanol–water partition coefficient (Wildman–Crippen LogP) is 2.25. The maximum Gasteiger partial charge on any atom is 0.0499 e. The van der Waals surface area contributed by atoms with E-state index in [0.29, 0.717) is 6.04 Å². The van der Waals surface area contributed by atoms with Crippen LogP contribution in [0.4, 0.5) is 0 Å². The van der Waals surface area contributed by atoms with E-state index < -0.39 is 0 Å². The third kappa shape index (κ3) is 2.58. The molecule has 0 aromatic heterocycles. The van der Waals surface area contributed by atoms with Gasteiger partial charge in [0.05, 0.1) is 0 Å². The first-order valence-electron chi connectivity index (χ1n) is 5.44. The molecule has 15 heavy (non-hydrogen) atoms. The number of hydrogen-bond acceptors (Lipinski definition) is 2. The zero-order valence-electron chi connectivity index (χ0n) is 10.4. The summed E-state index contributed by atoms with van der Waals surface area (Å²) in [7, 11) is 4.01. The van der Waals surface area contributed by atoms with Crippen molar-refractivity contribution in [1.82, 2.24) is 10.6 Å². The van der Waals surface area contributed by atoms with E-state index in [-0.39, 0.29) is 5.54 Å². The molecule has 0 aliphatic heterocycles. The maximum absolute atomic E-state index is 3.39. The highest BCUT2D eigenvalue weighted by atomic mass is 15.0. The lowest BCUT2D eigenvalue weighted by Gasteiger charge is -2.35. The summed E-state index contributed by atoms with van der Waals surface area (Å²) >= 11 is 0. The van der Waals surface area contributed by atoms with Crippen LogP contribution in [-0.4, -0.2) is 19.6 Å². The molecule has 0 amide bonds. The normalized spacial score (nSPS) is 13.9. The van der Waals surface area contributed by atoms with E-state index >= 15 is 0 Å². The average Bonchev–Trinajstić information content (AvgIpc) is 2.21. The molecule has 0 saturated heterocycles. The van der Waals surface area contributed by atoms with Crippen LogP contribution in [0.25, 0.3) is 0 Å². The summed E-state index contributed by atoms with van der Waals surface area (Å²) < 4.78 is 0. The molecule has 1 unspecified atom stereocenters. The molecule has 0 saturated carbocycles. The van der Waals surface area contributed by atoms with Gasteiger partial charge in [-0.2, -0.15) is 0 Å². The maximum atomic E-state index is 3.39. The Bertz CT molecular complexity index is 318. The number of benzene rings is 1. The first-order valence-corrected chi connectivity index (χ1v) is 5.44. The Morgan fingerprint density at radius 3 is 2.20 bits per heavy atom. The van der Waals surface area contributed by atoms with E-state index in [9.17, 15) is 0 Å². The van der Waals surface area contributed by atoms with Crippen LogP contribution in [0.5, 0.6) is 0 Å². The van der Waals surface area contributed by atoms with E-state index in [1.807, 2.05) is 14.1 Å². The number of nitrogens with one attached hydrogen (secondary N) is 2. The molecule has 1 aromatic rings. The highest BCUT2D eigenvalue weighted by Crippen LogP contribution is 2.27. The molecule has 0 radical (unpaired) electrons. The molecule has 2 nitrogen and oxygen atoms in total. The second-order valence-electron chi connectivity index (χ2n) is 4.55. The van der Waals surface area contributed by atoms with E-state index in [1.54, 1.807) is 0 Å². The summed E-state index contributed by atoms with van der Waals surface area (Å²) in [6, 6.07) is 8.85. The summed E-state index contributed by atoms with van der Waals surface area (Å²) in [5.74, 6) is 0. The molecule has 0 spiro atoms. The second-order valence-corrected chi connectivity index (χ2v) is 4.55. The lowest BCUT2D eigenvalue weighted by atomic mass is 9.86. The highest BCUT2D eigenvalue weighted by Gasteiger charge is 2.28. The minimum Gasteiger partial charge on any atom is -0.313 e. The topological polar surface area (TPSA) is 24.1 Å². The van der Waals surface area contributed by atoms with Crippen LogP contribution < -0.4 is 10.6 Å². The van der Waals surface area contributed by atoms with Gasteiger partial charge in [0.2, 0.25) is 0 Å². The van der Waals surface area contributed by atoms with Gasteiger partial charge in [-0.3, -0.25) is 0 Å². The molecule has 0 heterocycles. The summed E-state index contributed by atoms with van der Waals surface area (Å²) in [4.78, 5) is 0. The smallest absolute Gasteiger partial charge is 0.0499 e. The lowest BCUT2D eigenvalue weighted by Crippen LogP contribution is -2.47. The van der Waals surface area contributed by atoms with Crippen LogP contribution in [-0.2, 0) is 0 Å². The van der Waals surface area contributed by atoms with Gasteiger partial charge in [0.15, 0.2) is 0 Å². The second kappa shape index (κ2) is 4.77. The highest BCUT2D eigenvalue weighted by molar-refractivity contribution is 5.31. The zero-order valence-corrected chi connectivity index (χ0v) is 10.4. The van der Waals surface area contributed by atoms with Gasteiger partial charge in [-0.05, 0) is 46.0 Å². The van der Waals surface area contributed by atoms with Gasteiger partial charge in [-0.1, -0.05) is 24.3 Å². The molecule has 2 N–H and O–H groups in total. The van der Waals surface area contributed by atoms with Crippen molar-refractivity contribution in [2.24, 2.45) is 0 Å². The van der Waals surface area contributed by atoms with Gasteiger partial charge in [-0.15, -0.1) is 0 Å². The fourth-order valence-electron chi connectivity index (χ4n) is 1.96. The monoisotopic (exact) mass is 206 g/mol. The Balaban J connectivity index is 3.08. The van der Waals surface area contributed by atoms with Crippen molar-refractivity contribution in [1.29, 1.82) is 0 Å². The zero-order chi connectivity index (χ0) is 11.5. The Morgan fingerprint density at radius 1 is 1.13 bits per heavy atom. The molecule has 0 bridgehead atoms. The van der Waals surface area contributed by atoms with Crippen LogP contribution >= 0.6 is 0 Å². The van der Waals surface area contributed by atoms with Gasteiger partial charge >= 0.3 is 0 Å². The average molecular weight is 206 g/mol. The summed E-state index contributed by atoms with van der Waals surface area (Å²) in [6.07, 6.45) is 0. The SMILES string of the molecule is CNC(c1ccccc1C)C(C)(C)NC. The predicted molar refractivity (Wildman–Crippen MR) is 66.1 cm³/mol. The molecule has 84 valence electrons. The molecule has 1 rings (SSSR count). The summed E-state index contributed by atoms with van der Waals surface area (Å²) in [6.45, 7) is 6.58. The van der Waals surface area contributed by atoms with Crippen LogP contribution in [0.2, 0.25) is 0 Å². The lowest BCUT2D eigenvalue weighted by molar-refractivity contribution is 0.310. The first-order chi connectivity index (χ1) is 7.03. The Kier molecular flexibility index (Phi) is 3.89. The van der Waals surface area contributed by atoms with Crippen molar-refractivity contribution >= 4 is 0 Å². The van der Waals surface area contributed by atoms with Crippen molar-refractivity contribution in [2.45, 2.75) is 32.4 Å². The molecule has 0 aliphatic carbocycles. The van der Waals surface area contributed by atoms with Crippen molar-refractivity contribution < 1.29 is 0 Å². The van der Waals surface area contributed by atoms with E-state index in [1.165, 1.54) is 11.1 Å². The number of likely N-dealkylation sites (N-methyl/N-ethyl adjacent to an activating group) is 2. The molecular formula is C13H22N2. The Labute approximate surface area is 93.1 Å². The molecule has 0 aliphatic rings. The van der Waals surface area contributed by atoms with Gasteiger partial charge in [0.1, 0.15) is 0 Å². The molecular weight excluding hydrogens is 184 g/mol. The number of aryl methyl sites for hydroxylation is 1. The summed E-state index contributed by atoms with van der Waals surface area (Å²) in [5.41, 5.74) is 2.74. The summed E-state index contributed by atoms with van der Waals surface area (Å²) in [5, 5.41) is 6.74. The molecule has 0 fully saturated rings. The Morgan fingerprint density at radius 2 is 1.73 bits per heavy atom. The number of rotatable bonds is 4. The quantitative estimate of drug-likeness (QED) is 0.789. The standard InChI is InChI=1S/C13H22N2/c1-10-8-6-7-9-11(10)12(14-4)13(2,3)15-5/h6-9,12,14-15H,1-5H3. The van der Waals surface area contributed by atoms with Gasteiger partial charge in [-0.25, -0.2) is 0 Å². The molecule has 1 aromatic carbocycles. The van der Waals surface area contributed by atoms with Crippen LogP contribution in [0, 0.1) is 6.92 Å². The van der Waals surface area contributed by atoms with Crippen LogP contribution in [0.3, 0.4) is 0 Å². The van der Waals surface area contributed by atoms with Gasteiger partial charge < -0.3 is 10.6 Å². The third-order valence-corrected chi connectivity index (χ3v) is 3.15.